The Kier molecular flexibility index (Phi) is 6.56. The average Bonchev–Trinajstić information content (AvgIpc) is 3.69. The van der Waals surface area contributed by atoms with E-state index in [1.807, 2.05) is 84.9 Å². The minimum atomic E-state index is 0.610. The molecule has 5 heteroatoms. The van der Waals surface area contributed by atoms with Crippen LogP contribution in [0.1, 0.15) is 11.1 Å². The first-order chi connectivity index (χ1) is 24.7. The van der Waals surface area contributed by atoms with Gasteiger partial charge in [-0.3, -0.25) is 0 Å². The van der Waals surface area contributed by atoms with Gasteiger partial charge in [-0.05, 0) is 94.9 Å². The average molecular weight is 636 g/mol. The van der Waals surface area contributed by atoms with Gasteiger partial charge in [0.15, 0.2) is 5.69 Å². The number of rotatable bonds is 4. The molecular formula is C45H25N5. The normalized spacial score (nSPS) is 11.1. The highest BCUT2D eigenvalue weighted by atomic mass is 15.0. The molecule has 2 heterocycles. The summed E-state index contributed by atoms with van der Waals surface area (Å²) in [6.45, 7) is 7.60. The van der Waals surface area contributed by atoms with E-state index in [-0.39, 0.29) is 0 Å². The second-order valence-corrected chi connectivity index (χ2v) is 12.3. The van der Waals surface area contributed by atoms with E-state index in [4.69, 9.17) is 6.57 Å². The molecule has 0 aliphatic heterocycles. The molecule has 0 radical (unpaired) electrons. The Morgan fingerprint density at radius 1 is 0.460 bits per heavy atom. The lowest BCUT2D eigenvalue weighted by Crippen LogP contribution is -1.97. The van der Waals surface area contributed by atoms with E-state index in [9.17, 15) is 10.5 Å². The second-order valence-electron chi connectivity index (χ2n) is 12.3. The highest BCUT2D eigenvalue weighted by molar-refractivity contribution is 6.11. The third kappa shape index (κ3) is 4.38. The maximum absolute atomic E-state index is 10.1. The van der Waals surface area contributed by atoms with E-state index < -0.39 is 0 Å². The second kappa shape index (κ2) is 11.4. The number of para-hydroxylation sites is 2. The van der Waals surface area contributed by atoms with Gasteiger partial charge >= 0.3 is 0 Å². The lowest BCUT2D eigenvalue weighted by Gasteiger charge is -2.16. The zero-order valence-electron chi connectivity index (χ0n) is 26.7. The zero-order chi connectivity index (χ0) is 33.8. The van der Waals surface area contributed by atoms with Crippen molar-refractivity contribution in [1.82, 2.24) is 9.13 Å². The minimum absolute atomic E-state index is 0.610. The fraction of sp³-hybridized carbons (Fsp3) is 0. The molecule has 0 aliphatic carbocycles. The highest BCUT2D eigenvalue weighted by Crippen LogP contribution is 2.40. The van der Waals surface area contributed by atoms with Crippen molar-refractivity contribution in [3.05, 3.63) is 174 Å². The smallest absolute Gasteiger partial charge is 0.188 e. The standard InChI is InChI=1S/C45H25N5/c1-48-32-17-23-45-41(25-32)38-11-5-7-13-43(38)50(45)34-20-21-36(35-9-3-2-8-31(35)28-47)39(26-34)30-15-18-33(19-16-30)49-42-12-6-4-10-37(42)40-24-29(27-46)14-22-44(40)49/h2-26H. The molecular weight excluding hydrogens is 611 g/mol. The monoisotopic (exact) mass is 635 g/mol. The molecule has 9 rings (SSSR count). The summed E-state index contributed by atoms with van der Waals surface area (Å²) in [5, 5.41) is 23.9. The van der Waals surface area contributed by atoms with E-state index in [1.54, 1.807) is 0 Å². The molecule has 0 spiro atoms. The van der Waals surface area contributed by atoms with Crippen LogP contribution in [0, 0.1) is 29.2 Å². The third-order valence-corrected chi connectivity index (χ3v) is 9.62. The van der Waals surface area contributed by atoms with Gasteiger partial charge in [0.25, 0.3) is 0 Å². The van der Waals surface area contributed by atoms with Crippen molar-refractivity contribution in [1.29, 1.82) is 10.5 Å². The van der Waals surface area contributed by atoms with Crippen LogP contribution in [0.3, 0.4) is 0 Å². The Bertz CT molecular complexity index is 2960. The molecule has 0 fully saturated rings. The van der Waals surface area contributed by atoms with Crippen LogP contribution in [0.4, 0.5) is 5.69 Å². The number of benzene rings is 7. The summed E-state index contributed by atoms with van der Waals surface area (Å²) < 4.78 is 4.50. The fourth-order valence-corrected chi connectivity index (χ4v) is 7.38. The fourth-order valence-electron chi connectivity index (χ4n) is 7.38. The van der Waals surface area contributed by atoms with Crippen LogP contribution >= 0.6 is 0 Å². The van der Waals surface area contributed by atoms with E-state index >= 15 is 0 Å². The molecule has 5 nitrogen and oxygen atoms in total. The van der Waals surface area contributed by atoms with E-state index in [0.717, 1.165) is 77.2 Å². The molecule has 50 heavy (non-hydrogen) atoms. The SMILES string of the molecule is [C-]#[N+]c1ccc2c(c1)c1ccccc1n2-c1ccc(-c2ccccc2C#N)c(-c2ccc(-n3c4ccccc4c4cc(C#N)ccc43)cc2)c1. The predicted octanol–water partition coefficient (Wildman–Crippen LogP) is 11.5. The van der Waals surface area contributed by atoms with E-state index in [0.29, 0.717) is 16.8 Å². The molecule has 9 aromatic rings. The van der Waals surface area contributed by atoms with Gasteiger partial charge in [-0.25, -0.2) is 4.85 Å². The summed E-state index contributed by atoms with van der Waals surface area (Å²) in [7, 11) is 0. The first-order valence-corrected chi connectivity index (χ1v) is 16.3. The third-order valence-electron chi connectivity index (χ3n) is 9.62. The van der Waals surface area contributed by atoms with Crippen molar-refractivity contribution < 1.29 is 0 Å². The summed E-state index contributed by atoms with van der Waals surface area (Å²) in [6, 6.07) is 55.7. The van der Waals surface area contributed by atoms with Crippen LogP contribution < -0.4 is 0 Å². The van der Waals surface area contributed by atoms with Crippen LogP contribution in [0.5, 0.6) is 0 Å². The Morgan fingerprint density at radius 3 is 1.76 bits per heavy atom. The number of aromatic nitrogens is 2. The summed E-state index contributed by atoms with van der Waals surface area (Å²) in [5.41, 5.74) is 11.9. The van der Waals surface area contributed by atoms with Gasteiger partial charge in [-0.2, -0.15) is 10.5 Å². The molecule has 0 N–H and O–H groups in total. The Balaban J connectivity index is 1.26. The van der Waals surface area contributed by atoms with E-state index in [2.05, 4.69) is 92.8 Å². The van der Waals surface area contributed by atoms with Gasteiger partial charge in [0.1, 0.15) is 0 Å². The summed E-state index contributed by atoms with van der Waals surface area (Å²) in [4.78, 5) is 3.69. The maximum Gasteiger partial charge on any atom is 0.188 e. The van der Waals surface area contributed by atoms with Crippen molar-refractivity contribution in [3.63, 3.8) is 0 Å². The van der Waals surface area contributed by atoms with Crippen molar-refractivity contribution in [3.8, 4) is 45.8 Å². The Hall–Kier alpha value is -7.39. The molecule has 2 aromatic heterocycles. The van der Waals surface area contributed by atoms with Crippen molar-refractivity contribution in [2.45, 2.75) is 0 Å². The molecule has 0 unspecified atom stereocenters. The summed E-state index contributed by atoms with van der Waals surface area (Å²) in [6.07, 6.45) is 0. The van der Waals surface area contributed by atoms with Crippen LogP contribution in [0.15, 0.2) is 152 Å². The molecule has 0 atom stereocenters. The molecule has 7 aromatic carbocycles. The first kappa shape index (κ1) is 28.8. The van der Waals surface area contributed by atoms with Crippen LogP contribution in [0.2, 0.25) is 0 Å². The van der Waals surface area contributed by atoms with Crippen molar-refractivity contribution >= 4 is 49.3 Å². The summed E-state index contributed by atoms with van der Waals surface area (Å²) in [5.74, 6) is 0. The van der Waals surface area contributed by atoms with Crippen molar-refractivity contribution in [2.24, 2.45) is 0 Å². The molecule has 0 amide bonds. The molecule has 0 bridgehead atoms. The lowest BCUT2D eigenvalue weighted by atomic mass is 9.91. The Labute approximate surface area is 288 Å². The van der Waals surface area contributed by atoms with Gasteiger partial charge < -0.3 is 9.13 Å². The minimum Gasteiger partial charge on any atom is -0.309 e. The van der Waals surface area contributed by atoms with Crippen LogP contribution in [0.25, 0.3) is 82.1 Å². The Morgan fingerprint density at radius 2 is 1.06 bits per heavy atom. The van der Waals surface area contributed by atoms with Crippen LogP contribution in [-0.4, -0.2) is 9.13 Å². The predicted molar refractivity (Wildman–Crippen MR) is 202 cm³/mol. The van der Waals surface area contributed by atoms with Gasteiger partial charge in [0.2, 0.25) is 0 Å². The number of nitrogens with zero attached hydrogens (tertiary/aromatic N) is 5. The molecule has 230 valence electrons. The molecule has 0 saturated carbocycles. The lowest BCUT2D eigenvalue weighted by molar-refractivity contribution is 1.18. The van der Waals surface area contributed by atoms with Gasteiger partial charge in [-0.1, -0.05) is 78.9 Å². The number of nitriles is 2. The maximum atomic E-state index is 10.1. The van der Waals surface area contributed by atoms with Gasteiger partial charge in [0.05, 0.1) is 51.9 Å². The zero-order valence-corrected chi connectivity index (χ0v) is 26.7. The highest BCUT2D eigenvalue weighted by Gasteiger charge is 2.18. The largest absolute Gasteiger partial charge is 0.309 e. The number of hydrogen-bond donors (Lipinski definition) is 0. The summed E-state index contributed by atoms with van der Waals surface area (Å²) >= 11 is 0. The molecule has 0 saturated heterocycles. The van der Waals surface area contributed by atoms with E-state index in [1.165, 1.54) is 0 Å². The topological polar surface area (TPSA) is 61.8 Å². The van der Waals surface area contributed by atoms with Gasteiger partial charge in [-0.15, -0.1) is 0 Å². The van der Waals surface area contributed by atoms with Gasteiger partial charge in [0, 0.05) is 33.1 Å². The van der Waals surface area contributed by atoms with Crippen molar-refractivity contribution in [2.75, 3.05) is 0 Å². The first-order valence-electron chi connectivity index (χ1n) is 16.3. The van der Waals surface area contributed by atoms with Crippen LogP contribution in [-0.2, 0) is 0 Å². The number of fused-ring (bicyclic) bond motifs is 6. The quantitative estimate of drug-likeness (QED) is 0.181. The number of hydrogen-bond acceptors (Lipinski definition) is 2. The molecule has 0 aliphatic rings.